The van der Waals surface area contributed by atoms with E-state index in [0.717, 1.165) is 18.7 Å². The summed E-state index contributed by atoms with van der Waals surface area (Å²) in [5.41, 5.74) is 1.87. The van der Waals surface area contributed by atoms with Crippen LogP contribution in [0.4, 0.5) is 0 Å². The number of ether oxygens (including phenoxy) is 2. The van der Waals surface area contributed by atoms with Gasteiger partial charge in [-0.15, -0.1) is 12.4 Å². The highest BCUT2D eigenvalue weighted by Crippen LogP contribution is 2.31. The van der Waals surface area contributed by atoms with Crippen molar-refractivity contribution in [3.05, 3.63) is 51.1 Å². The van der Waals surface area contributed by atoms with Crippen molar-refractivity contribution in [3.8, 4) is 5.75 Å². The van der Waals surface area contributed by atoms with Crippen molar-refractivity contribution in [3.63, 3.8) is 0 Å². The smallest absolute Gasteiger partial charge is 0.200 e. The minimum atomic E-state index is -0.0567. The molecule has 26 heavy (non-hydrogen) atoms. The molecule has 0 amide bonds. The van der Waals surface area contributed by atoms with Gasteiger partial charge in [-0.05, 0) is 24.3 Å². The molecular weight excluding hydrogens is 377 g/mol. The van der Waals surface area contributed by atoms with Gasteiger partial charge in [0, 0.05) is 30.7 Å². The predicted octanol–water partition coefficient (Wildman–Crippen LogP) is 3.86. The second kappa shape index (κ2) is 7.84. The number of nitrogens with zero attached hydrogens (tertiary/aromatic N) is 1. The maximum absolute atomic E-state index is 12.9. The van der Waals surface area contributed by atoms with Crippen molar-refractivity contribution in [1.82, 2.24) is 4.90 Å². The third-order valence-electron chi connectivity index (χ3n) is 4.57. The van der Waals surface area contributed by atoms with Crippen molar-refractivity contribution in [2.45, 2.75) is 6.54 Å². The quantitative estimate of drug-likeness (QED) is 0.630. The average molecular weight is 396 g/mol. The van der Waals surface area contributed by atoms with Crippen LogP contribution in [-0.4, -0.2) is 38.3 Å². The van der Waals surface area contributed by atoms with Gasteiger partial charge in [-0.3, -0.25) is 9.69 Å². The Bertz CT molecular complexity index is 996. The molecule has 1 fully saturated rings. The monoisotopic (exact) mass is 395 g/mol. The van der Waals surface area contributed by atoms with Crippen LogP contribution in [0.5, 0.6) is 5.75 Å². The molecule has 0 radical (unpaired) electrons. The molecule has 1 saturated heterocycles. The molecule has 0 saturated carbocycles. The lowest BCUT2D eigenvalue weighted by molar-refractivity contribution is 0.0339. The van der Waals surface area contributed by atoms with Crippen LogP contribution in [-0.2, 0) is 11.3 Å². The van der Waals surface area contributed by atoms with Crippen LogP contribution in [0.2, 0.25) is 5.02 Å². The first kappa shape index (κ1) is 19.0. The number of morpholine rings is 1. The van der Waals surface area contributed by atoms with Crippen molar-refractivity contribution >= 4 is 45.9 Å². The minimum Gasteiger partial charge on any atom is -0.496 e. The lowest BCUT2D eigenvalue weighted by Crippen LogP contribution is -2.35. The maximum Gasteiger partial charge on any atom is 0.200 e. The first-order valence-electron chi connectivity index (χ1n) is 8.19. The molecule has 5 nitrogen and oxygen atoms in total. The van der Waals surface area contributed by atoms with E-state index in [9.17, 15) is 4.79 Å². The zero-order chi connectivity index (χ0) is 17.4. The van der Waals surface area contributed by atoms with Gasteiger partial charge in [0.25, 0.3) is 0 Å². The van der Waals surface area contributed by atoms with E-state index in [4.69, 9.17) is 25.5 Å². The molecule has 0 bridgehead atoms. The summed E-state index contributed by atoms with van der Waals surface area (Å²) in [6.45, 7) is 3.72. The summed E-state index contributed by atoms with van der Waals surface area (Å²) >= 11 is 6.07. The number of rotatable bonds is 3. The van der Waals surface area contributed by atoms with E-state index >= 15 is 0 Å². The van der Waals surface area contributed by atoms with E-state index in [0.29, 0.717) is 52.5 Å². The third kappa shape index (κ3) is 3.40. The molecule has 0 atom stereocenters. The maximum atomic E-state index is 12.9. The van der Waals surface area contributed by atoms with Crippen LogP contribution >= 0.6 is 24.0 Å². The summed E-state index contributed by atoms with van der Waals surface area (Å²) in [5, 5.41) is 1.62. The van der Waals surface area contributed by atoms with Gasteiger partial charge >= 0.3 is 0 Å². The van der Waals surface area contributed by atoms with E-state index in [1.165, 1.54) is 0 Å². The number of hydrogen-bond donors (Lipinski definition) is 0. The molecule has 0 N–H and O–H groups in total. The first-order chi connectivity index (χ1) is 12.2. The van der Waals surface area contributed by atoms with E-state index < -0.39 is 0 Å². The fraction of sp³-hybridized carbons (Fsp3) is 0.316. The molecule has 2 aromatic carbocycles. The fourth-order valence-electron chi connectivity index (χ4n) is 3.25. The van der Waals surface area contributed by atoms with Gasteiger partial charge in [0.1, 0.15) is 16.9 Å². The Balaban J connectivity index is 0.00000196. The van der Waals surface area contributed by atoms with Gasteiger partial charge in [-0.1, -0.05) is 11.6 Å². The van der Waals surface area contributed by atoms with Crippen LogP contribution in [0.25, 0.3) is 21.9 Å². The van der Waals surface area contributed by atoms with Crippen LogP contribution in [0.15, 0.2) is 39.5 Å². The molecule has 1 aliphatic heterocycles. The predicted molar refractivity (Wildman–Crippen MR) is 105 cm³/mol. The van der Waals surface area contributed by atoms with Gasteiger partial charge in [-0.25, -0.2) is 0 Å². The number of fused-ring (bicyclic) bond motifs is 2. The summed E-state index contributed by atoms with van der Waals surface area (Å²) in [7, 11) is 1.63. The molecular formula is C19H19Cl2NO4. The lowest BCUT2D eigenvalue weighted by Gasteiger charge is -2.27. The Kier molecular flexibility index (Phi) is 5.73. The molecule has 0 aliphatic carbocycles. The Hall–Kier alpha value is -1.79. The van der Waals surface area contributed by atoms with Crippen LogP contribution < -0.4 is 10.2 Å². The fourth-order valence-corrected chi connectivity index (χ4v) is 3.41. The topological polar surface area (TPSA) is 51.9 Å². The van der Waals surface area contributed by atoms with Crippen LogP contribution in [0.3, 0.4) is 0 Å². The average Bonchev–Trinajstić information content (AvgIpc) is 2.63. The third-order valence-corrected chi connectivity index (χ3v) is 4.80. The summed E-state index contributed by atoms with van der Waals surface area (Å²) in [6.07, 6.45) is 0. The van der Waals surface area contributed by atoms with E-state index in [-0.39, 0.29) is 17.8 Å². The van der Waals surface area contributed by atoms with E-state index in [2.05, 4.69) is 4.90 Å². The molecule has 1 aliphatic rings. The molecule has 138 valence electrons. The van der Waals surface area contributed by atoms with E-state index in [1.807, 2.05) is 6.07 Å². The Morgan fingerprint density at radius 2 is 1.88 bits per heavy atom. The first-order valence-corrected chi connectivity index (χ1v) is 8.57. The molecule has 3 aromatic rings. The second-order valence-electron chi connectivity index (χ2n) is 6.08. The highest BCUT2D eigenvalue weighted by molar-refractivity contribution is 6.31. The molecule has 0 unspecified atom stereocenters. The van der Waals surface area contributed by atoms with Gasteiger partial charge in [0.2, 0.25) is 5.43 Å². The summed E-state index contributed by atoms with van der Waals surface area (Å²) in [4.78, 5) is 15.1. The summed E-state index contributed by atoms with van der Waals surface area (Å²) in [5.74, 6) is 0.712. The molecule has 7 heteroatoms. The standard InChI is InChI=1S/C19H18ClNO4.ClH/c1-23-16-5-4-14-18(22)13-3-2-12(20)10-17(13)25-19(14)15(16)11-21-6-8-24-9-7-21;/h2-5,10H,6-9,11H2,1H3;1H. The van der Waals surface area contributed by atoms with E-state index in [1.54, 1.807) is 31.4 Å². The highest BCUT2D eigenvalue weighted by Gasteiger charge is 2.19. The van der Waals surface area contributed by atoms with Crippen molar-refractivity contribution in [2.24, 2.45) is 0 Å². The number of halogens is 2. The SMILES string of the molecule is COc1ccc2c(=O)c3ccc(Cl)cc3oc2c1CN1CCOCC1.Cl. The largest absolute Gasteiger partial charge is 0.496 e. The second-order valence-corrected chi connectivity index (χ2v) is 6.52. The van der Waals surface area contributed by atoms with Crippen molar-refractivity contribution < 1.29 is 13.9 Å². The molecule has 0 spiro atoms. The van der Waals surface area contributed by atoms with Gasteiger partial charge in [0.05, 0.1) is 36.7 Å². The Morgan fingerprint density at radius 1 is 1.15 bits per heavy atom. The Morgan fingerprint density at radius 3 is 2.62 bits per heavy atom. The number of hydrogen-bond acceptors (Lipinski definition) is 5. The zero-order valence-electron chi connectivity index (χ0n) is 14.3. The molecule has 2 heterocycles. The lowest BCUT2D eigenvalue weighted by atomic mass is 10.1. The minimum absolute atomic E-state index is 0. The highest BCUT2D eigenvalue weighted by atomic mass is 35.5. The number of benzene rings is 2. The Labute approximate surface area is 161 Å². The number of methoxy groups -OCH3 is 1. The molecule has 4 rings (SSSR count). The normalized spacial score (nSPS) is 15.2. The van der Waals surface area contributed by atoms with Crippen molar-refractivity contribution in [1.29, 1.82) is 0 Å². The van der Waals surface area contributed by atoms with Crippen LogP contribution in [0, 0.1) is 0 Å². The van der Waals surface area contributed by atoms with Gasteiger partial charge in [0.15, 0.2) is 0 Å². The zero-order valence-corrected chi connectivity index (χ0v) is 15.9. The summed E-state index contributed by atoms with van der Waals surface area (Å²) in [6, 6.07) is 8.67. The van der Waals surface area contributed by atoms with Gasteiger partial charge in [-0.2, -0.15) is 0 Å². The summed E-state index contributed by atoms with van der Waals surface area (Å²) < 4.78 is 17.0. The van der Waals surface area contributed by atoms with Crippen LogP contribution in [0.1, 0.15) is 5.56 Å². The van der Waals surface area contributed by atoms with Gasteiger partial charge < -0.3 is 13.9 Å². The molecule has 1 aromatic heterocycles. The van der Waals surface area contributed by atoms with Crippen molar-refractivity contribution in [2.75, 3.05) is 33.4 Å².